The van der Waals surface area contributed by atoms with Gasteiger partial charge >= 0.3 is 5.91 Å². The summed E-state index contributed by atoms with van der Waals surface area (Å²) in [5.74, 6) is -0.505. The molecule has 1 amide bonds. The zero-order valence-corrected chi connectivity index (χ0v) is 15.8. The fraction of sp³-hybridized carbons (Fsp3) is 0.143. The number of para-hydroxylation sites is 1. The van der Waals surface area contributed by atoms with Crippen LogP contribution in [-0.2, 0) is 0 Å². The minimum Gasteiger partial charge on any atom is -0.451 e. The highest BCUT2D eigenvalue weighted by Crippen LogP contribution is 2.25. The van der Waals surface area contributed by atoms with Crippen molar-refractivity contribution in [2.75, 3.05) is 0 Å². The highest BCUT2D eigenvalue weighted by Gasteiger charge is 2.15. The number of nitro benzene ring substituents is 1. The first-order valence-corrected chi connectivity index (χ1v) is 9.05. The van der Waals surface area contributed by atoms with Crippen LogP contribution in [0.2, 0.25) is 0 Å². The Hall–Kier alpha value is -3.94. The third kappa shape index (κ3) is 3.47. The van der Waals surface area contributed by atoms with Crippen molar-refractivity contribution in [2.24, 2.45) is 5.10 Å². The van der Waals surface area contributed by atoms with Crippen molar-refractivity contribution in [3.8, 4) is 0 Å². The molecule has 8 nitrogen and oxygen atoms in total. The molecule has 0 aliphatic carbocycles. The minimum atomic E-state index is -0.535. The maximum absolute atomic E-state index is 12.3. The van der Waals surface area contributed by atoms with E-state index in [1.807, 2.05) is 30.5 Å². The summed E-state index contributed by atoms with van der Waals surface area (Å²) >= 11 is 0. The molecule has 2 aromatic carbocycles. The lowest BCUT2D eigenvalue weighted by molar-refractivity contribution is -0.384. The number of hydrogen-bond acceptors (Lipinski definition) is 5. The molecule has 29 heavy (non-hydrogen) atoms. The first-order chi connectivity index (χ1) is 13.9. The number of benzene rings is 2. The standard InChI is InChI=1S/C21H18N4O4/c1-13(2)24-12-15(17-5-3-4-6-18(17)24)11-22-23-21(26)20-10-14-9-16(25(27)28)7-8-19(14)29-20/h3-13H,1-2H3,(H,23,26). The molecule has 0 unspecified atom stereocenters. The predicted octanol–water partition coefficient (Wildman–Crippen LogP) is 4.64. The van der Waals surface area contributed by atoms with E-state index in [4.69, 9.17) is 4.42 Å². The smallest absolute Gasteiger partial charge is 0.307 e. The van der Waals surface area contributed by atoms with Crippen molar-refractivity contribution in [1.29, 1.82) is 0 Å². The van der Waals surface area contributed by atoms with E-state index in [9.17, 15) is 14.9 Å². The highest BCUT2D eigenvalue weighted by atomic mass is 16.6. The Balaban J connectivity index is 1.55. The van der Waals surface area contributed by atoms with Crippen LogP contribution in [0.1, 0.15) is 36.0 Å². The number of nitrogens with one attached hydrogen (secondary N) is 1. The van der Waals surface area contributed by atoms with E-state index in [0.29, 0.717) is 11.0 Å². The summed E-state index contributed by atoms with van der Waals surface area (Å²) in [6.45, 7) is 4.20. The van der Waals surface area contributed by atoms with Crippen LogP contribution in [0, 0.1) is 10.1 Å². The van der Waals surface area contributed by atoms with E-state index < -0.39 is 10.8 Å². The van der Waals surface area contributed by atoms with E-state index in [1.165, 1.54) is 24.3 Å². The number of fused-ring (bicyclic) bond motifs is 2. The highest BCUT2D eigenvalue weighted by molar-refractivity contribution is 6.01. The summed E-state index contributed by atoms with van der Waals surface area (Å²) in [4.78, 5) is 22.7. The largest absolute Gasteiger partial charge is 0.451 e. The Morgan fingerprint density at radius 2 is 2.03 bits per heavy atom. The van der Waals surface area contributed by atoms with Gasteiger partial charge < -0.3 is 8.98 Å². The molecule has 0 atom stereocenters. The summed E-state index contributed by atoms with van der Waals surface area (Å²) < 4.78 is 7.60. The fourth-order valence-electron chi connectivity index (χ4n) is 3.23. The maximum atomic E-state index is 12.3. The molecule has 0 fully saturated rings. The lowest BCUT2D eigenvalue weighted by Crippen LogP contribution is -2.16. The monoisotopic (exact) mass is 390 g/mol. The lowest BCUT2D eigenvalue weighted by Gasteiger charge is -2.08. The molecule has 0 radical (unpaired) electrons. The first-order valence-electron chi connectivity index (χ1n) is 9.05. The summed E-state index contributed by atoms with van der Waals surface area (Å²) in [5, 5.41) is 16.4. The van der Waals surface area contributed by atoms with E-state index >= 15 is 0 Å². The molecule has 0 saturated carbocycles. The number of amides is 1. The number of non-ortho nitro benzene ring substituents is 1. The van der Waals surface area contributed by atoms with Gasteiger partial charge in [-0.15, -0.1) is 0 Å². The van der Waals surface area contributed by atoms with Gasteiger partial charge in [-0.3, -0.25) is 14.9 Å². The molecule has 0 aliphatic heterocycles. The molecule has 1 N–H and O–H groups in total. The fourth-order valence-corrected chi connectivity index (χ4v) is 3.23. The van der Waals surface area contributed by atoms with E-state index in [2.05, 4.69) is 28.9 Å². The van der Waals surface area contributed by atoms with Crippen LogP contribution in [-0.4, -0.2) is 21.6 Å². The molecule has 4 aromatic rings. The van der Waals surface area contributed by atoms with Gasteiger partial charge in [0.1, 0.15) is 5.58 Å². The lowest BCUT2D eigenvalue weighted by atomic mass is 10.2. The van der Waals surface area contributed by atoms with Crippen LogP contribution < -0.4 is 5.43 Å². The topological polar surface area (TPSA) is 103 Å². The van der Waals surface area contributed by atoms with Gasteiger partial charge in [0.25, 0.3) is 5.69 Å². The second kappa shape index (κ2) is 7.23. The Bertz CT molecular complexity index is 1270. The number of carbonyl (C=O) groups excluding carboxylic acids is 1. The van der Waals surface area contributed by atoms with Gasteiger partial charge in [-0.2, -0.15) is 5.10 Å². The predicted molar refractivity (Wildman–Crippen MR) is 110 cm³/mol. The minimum absolute atomic E-state index is 0.0299. The number of rotatable bonds is 5. The average molecular weight is 390 g/mol. The summed E-state index contributed by atoms with van der Waals surface area (Å²) in [6, 6.07) is 13.9. The summed E-state index contributed by atoms with van der Waals surface area (Å²) in [6.07, 6.45) is 3.58. The Labute approximate surface area is 165 Å². The normalized spacial score (nSPS) is 11.7. The molecule has 4 rings (SSSR count). The number of nitro groups is 1. The van der Waals surface area contributed by atoms with Crippen LogP contribution >= 0.6 is 0 Å². The molecule has 8 heteroatoms. The third-order valence-corrected chi connectivity index (χ3v) is 4.63. The van der Waals surface area contributed by atoms with Crippen molar-refractivity contribution < 1.29 is 14.1 Å². The van der Waals surface area contributed by atoms with E-state index in [1.54, 1.807) is 6.21 Å². The first kappa shape index (κ1) is 18.4. The summed E-state index contributed by atoms with van der Waals surface area (Å²) in [7, 11) is 0. The Morgan fingerprint density at radius 1 is 1.24 bits per heavy atom. The van der Waals surface area contributed by atoms with Crippen LogP contribution in [0.15, 0.2) is 64.2 Å². The molecule has 146 valence electrons. The van der Waals surface area contributed by atoms with Crippen molar-refractivity contribution in [3.63, 3.8) is 0 Å². The number of hydrogen-bond donors (Lipinski definition) is 1. The van der Waals surface area contributed by atoms with Crippen LogP contribution in [0.3, 0.4) is 0 Å². The van der Waals surface area contributed by atoms with Crippen molar-refractivity contribution in [3.05, 3.63) is 76.2 Å². The Morgan fingerprint density at radius 3 is 2.79 bits per heavy atom. The van der Waals surface area contributed by atoms with Gasteiger partial charge in [-0.1, -0.05) is 18.2 Å². The number of carbonyl (C=O) groups is 1. The number of nitrogens with zero attached hydrogens (tertiary/aromatic N) is 3. The molecular weight excluding hydrogens is 372 g/mol. The second-order valence-electron chi connectivity index (χ2n) is 6.89. The van der Waals surface area contributed by atoms with Crippen molar-refractivity contribution in [1.82, 2.24) is 9.99 Å². The molecule has 0 aliphatic rings. The molecule has 2 aromatic heterocycles. The Kier molecular flexibility index (Phi) is 4.59. The molecule has 0 saturated heterocycles. The van der Waals surface area contributed by atoms with E-state index in [0.717, 1.165) is 16.5 Å². The molecule has 0 spiro atoms. The van der Waals surface area contributed by atoms with Gasteiger partial charge in [0.15, 0.2) is 5.76 Å². The number of furan rings is 1. The van der Waals surface area contributed by atoms with Gasteiger partial charge in [-0.25, -0.2) is 5.43 Å². The van der Waals surface area contributed by atoms with Gasteiger partial charge in [0.05, 0.1) is 11.1 Å². The second-order valence-corrected chi connectivity index (χ2v) is 6.89. The quantitative estimate of drug-likeness (QED) is 0.304. The van der Waals surface area contributed by atoms with Crippen molar-refractivity contribution in [2.45, 2.75) is 19.9 Å². The SMILES string of the molecule is CC(C)n1cc(C=NNC(=O)c2cc3cc([N+](=O)[O-])ccc3o2)c2ccccc21. The third-order valence-electron chi connectivity index (χ3n) is 4.63. The van der Waals surface area contributed by atoms with E-state index in [-0.39, 0.29) is 17.5 Å². The number of hydrazone groups is 1. The van der Waals surface area contributed by atoms with Crippen LogP contribution in [0.25, 0.3) is 21.9 Å². The van der Waals surface area contributed by atoms with Gasteiger partial charge in [-0.05, 0) is 32.0 Å². The van der Waals surface area contributed by atoms with Gasteiger partial charge in [0.2, 0.25) is 0 Å². The molecule has 0 bridgehead atoms. The zero-order chi connectivity index (χ0) is 20.5. The maximum Gasteiger partial charge on any atom is 0.307 e. The zero-order valence-electron chi connectivity index (χ0n) is 15.8. The average Bonchev–Trinajstić information content (AvgIpc) is 3.29. The molecular formula is C21H18N4O4. The van der Waals surface area contributed by atoms with Crippen LogP contribution in [0.4, 0.5) is 5.69 Å². The number of aromatic nitrogens is 1. The van der Waals surface area contributed by atoms with Crippen LogP contribution in [0.5, 0.6) is 0 Å². The molecule has 2 heterocycles. The summed E-state index contributed by atoms with van der Waals surface area (Å²) in [5.41, 5.74) is 4.75. The van der Waals surface area contributed by atoms with Crippen molar-refractivity contribution >= 4 is 39.7 Å². The van der Waals surface area contributed by atoms with Gasteiger partial charge in [0, 0.05) is 46.2 Å².